The van der Waals surface area contributed by atoms with Gasteiger partial charge in [0.2, 0.25) is 10.0 Å². The zero-order chi connectivity index (χ0) is 21.8. The van der Waals surface area contributed by atoms with E-state index in [4.69, 9.17) is 4.74 Å². The molecular weight excluding hydrogens is 392 g/mol. The molecule has 0 aromatic heterocycles. The van der Waals surface area contributed by atoms with Crippen molar-refractivity contribution < 1.29 is 22.7 Å². The number of carbonyl (C=O) groups is 2. The summed E-state index contributed by atoms with van der Waals surface area (Å²) in [6, 6.07) is 10.9. The van der Waals surface area contributed by atoms with Crippen molar-refractivity contribution in [2.75, 3.05) is 11.9 Å². The molecule has 156 valence electrons. The van der Waals surface area contributed by atoms with E-state index in [2.05, 4.69) is 10.0 Å². The molecule has 0 saturated heterocycles. The van der Waals surface area contributed by atoms with Crippen LogP contribution in [0.15, 0.2) is 47.4 Å². The minimum absolute atomic E-state index is 0.0386. The first kappa shape index (κ1) is 22.6. The lowest BCUT2D eigenvalue weighted by Crippen LogP contribution is -2.40. The van der Waals surface area contributed by atoms with Crippen LogP contribution in [0.1, 0.15) is 42.3 Å². The van der Waals surface area contributed by atoms with E-state index in [1.165, 1.54) is 24.3 Å². The van der Waals surface area contributed by atoms with E-state index in [0.717, 1.165) is 11.1 Å². The molecule has 2 rings (SSSR count). The molecule has 0 heterocycles. The molecule has 8 heteroatoms. The van der Waals surface area contributed by atoms with Gasteiger partial charge in [-0.15, -0.1) is 0 Å². The summed E-state index contributed by atoms with van der Waals surface area (Å²) in [7, 11) is -3.69. The van der Waals surface area contributed by atoms with Gasteiger partial charge in [-0.05, 0) is 76.1 Å². The third kappa shape index (κ3) is 6.40. The van der Waals surface area contributed by atoms with E-state index < -0.39 is 34.0 Å². The van der Waals surface area contributed by atoms with E-state index in [-0.39, 0.29) is 10.5 Å². The SMILES string of the molecule is Cc1cccc(NC(=O)COC(=O)c2ccc(S(=O)(=O)NC(C)(C)C)cc2)c1C. The molecule has 0 aliphatic carbocycles. The molecule has 2 aromatic rings. The first-order chi connectivity index (χ1) is 13.4. The Hall–Kier alpha value is -2.71. The number of nitrogens with one attached hydrogen (secondary N) is 2. The maximum absolute atomic E-state index is 12.3. The molecule has 0 unspecified atom stereocenters. The smallest absolute Gasteiger partial charge is 0.338 e. The zero-order valence-electron chi connectivity index (χ0n) is 17.2. The molecule has 0 aliphatic rings. The largest absolute Gasteiger partial charge is 0.452 e. The first-order valence-corrected chi connectivity index (χ1v) is 10.5. The van der Waals surface area contributed by atoms with Crippen LogP contribution >= 0.6 is 0 Å². The number of hydrogen-bond acceptors (Lipinski definition) is 5. The third-order valence-electron chi connectivity index (χ3n) is 4.05. The first-order valence-electron chi connectivity index (χ1n) is 9.06. The number of sulfonamides is 1. The molecular formula is C21H26N2O5S. The number of hydrogen-bond donors (Lipinski definition) is 2. The molecule has 0 bridgehead atoms. The lowest BCUT2D eigenvalue weighted by atomic mass is 10.1. The normalized spacial score (nSPS) is 11.8. The lowest BCUT2D eigenvalue weighted by molar-refractivity contribution is -0.119. The highest BCUT2D eigenvalue weighted by molar-refractivity contribution is 7.89. The van der Waals surface area contributed by atoms with Crippen LogP contribution in [0.3, 0.4) is 0 Å². The van der Waals surface area contributed by atoms with Gasteiger partial charge >= 0.3 is 5.97 Å². The highest BCUT2D eigenvalue weighted by atomic mass is 32.2. The third-order valence-corrected chi connectivity index (χ3v) is 5.83. The summed E-state index contributed by atoms with van der Waals surface area (Å²) >= 11 is 0. The van der Waals surface area contributed by atoms with Crippen LogP contribution in [-0.2, 0) is 19.6 Å². The van der Waals surface area contributed by atoms with Crippen molar-refractivity contribution in [3.63, 3.8) is 0 Å². The Morgan fingerprint density at radius 1 is 1.00 bits per heavy atom. The second-order valence-electron chi connectivity index (χ2n) is 7.75. The Morgan fingerprint density at radius 3 is 2.21 bits per heavy atom. The minimum Gasteiger partial charge on any atom is -0.452 e. The molecule has 0 radical (unpaired) electrons. The van der Waals surface area contributed by atoms with Gasteiger partial charge in [-0.25, -0.2) is 17.9 Å². The average Bonchev–Trinajstić information content (AvgIpc) is 2.62. The van der Waals surface area contributed by atoms with Crippen LogP contribution in [0, 0.1) is 13.8 Å². The molecule has 0 atom stereocenters. The maximum atomic E-state index is 12.3. The fourth-order valence-corrected chi connectivity index (χ4v) is 3.94. The standard InChI is InChI=1S/C21H26N2O5S/c1-14-7-6-8-18(15(14)2)22-19(24)13-28-20(25)16-9-11-17(12-10-16)29(26,27)23-21(3,4)5/h6-12,23H,13H2,1-5H3,(H,22,24). The Labute approximate surface area is 171 Å². The quantitative estimate of drug-likeness (QED) is 0.702. The van der Waals surface area contributed by atoms with Gasteiger partial charge in [0.05, 0.1) is 10.5 Å². The topological polar surface area (TPSA) is 102 Å². The van der Waals surface area contributed by atoms with Crippen molar-refractivity contribution >= 4 is 27.6 Å². The van der Waals surface area contributed by atoms with Gasteiger partial charge in [0.25, 0.3) is 5.91 Å². The summed E-state index contributed by atoms with van der Waals surface area (Å²) in [4.78, 5) is 24.2. The van der Waals surface area contributed by atoms with Crippen LogP contribution in [0.4, 0.5) is 5.69 Å². The predicted octanol–water partition coefficient (Wildman–Crippen LogP) is 3.18. The van der Waals surface area contributed by atoms with Crippen molar-refractivity contribution in [2.45, 2.75) is 45.1 Å². The van der Waals surface area contributed by atoms with E-state index in [1.54, 1.807) is 26.8 Å². The fraction of sp³-hybridized carbons (Fsp3) is 0.333. The van der Waals surface area contributed by atoms with Crippen molar-refractivity contribution in [1.29, 1.82) is 0 Å². The summed E-state index contributed by atoms with van der Waals surface area (Å²) in [6.07, 6.45) is 0. The Kier molecular flexibility index (Phi) is 6.81. The summed E-state index contributed by atoms with van der Waals surface area (Å²) in [5.41, 5.74) is 2.16. The average molecular weight is 419 g/mol. The van der Waals surface area contributed by atoms with Crippen LogP contribution in [0.2, 0.25) is 0 Å². The van der Waals surface area contributed by atoms with Crippen LogP contribution < -0.4 is 10.0 Å². The Morgan fingerprint density at radius 2 is 1.62 bits per heavy atom. The molecule has 29 heavy (non-hydrogen) atoms. The van der Waals surface area contributed by atoms with Gasteiger partial charge in [-0.3, -0.25) is 4.79 Å². The molecule has 7 nitrogen and oxygen atoms in total. The van der Waals surface area contributed by atoms with Gasteiger partial charge in [0.1, 0.15) is 0 Å². The Bertz CT molecular complexity index is 1010. The summed E-state index contributed by atoms with van der Waals surface area (Å²) in [5, 5.41) is 2.70. The Balaban J connectivity index is 1.97. The summed E-state index contributed by atoms with van der Waals surface area (Å²) in [6.45, 7) is 8.59. The molecule has 0 aliphatic heterocycles. The van der Waals surface area contributed by atoms with E-state index in [0.29, 0.717) is 5.69 Å². The maximum Gasteiger partial charge on any atom is 0.338 e. The van der Waals surface area contributed by atoms with Gasteiger partial charge < -0.3 is 10.1 Å². The van der Waals surface area contributed by atoms with Gasteiger partial charge in [0.15, 0.2) is 6.61 Å². The van der Waals surface area contributed by atoms with Gasteiger partial charge in [-0.2, -0.15) is 0 Å². The van der Waals surface area contributed by atoms with Crippen LogP contribution in [0.25, 0.3) is 0 Å². The predicted molar refractivity (Wildman–Crippen MR) is 111 cm³/mol. The van der Waals surface area contributed by atoms with E-state index in [1.807, 2.05) is 26.0 Å². The number of benzene rings is 2. The number of ether oxygens (including phenoxy) is 1. The highest BCUT2D eigenvalue weighted by Crippen LogP contribution is 2.18. The van der Waals surface area contributed by atoms with Crippen molar-refractivity contribution in [3.05, 3.63) is 59.2 Å². The molecule has 1 amide bonds. The lowest BCUT2D eigenvalue weighted by Gasteiger charge is -2.20. The number of carbonyl (C=O) groups excluding carboxylic acids is 2. The van der Waals surface area contributed by atoms with Crippen molar-refractivity contribution in [3.8, 4) is 0 Å². The fourth-order valence-electron chi connectivity index (χ4n) is 2.52. The minimum atomic E-state index is -3.69. The second-order valence-corrected chi connectivity index (χ2v) is 9.43. The number of aryl methyl sites for hydroxylation is 1. The van der Waals surface area contributed by atoms with E-state index >= 15 is 0 Å². The molecule has 0 spiro atoms. The van der Waals surface area contributed by atoms with E-state index in [9.17, 15) is 18.0 Å². The number of esters is 1. The molecule has 0 fully saturated rings. The van der Waals surface area contributed by atoms with Gasteiger partial charge in [0, 0.05) is 11.2 Å². The van der Waals surface area contributed by atoms with Crippen LogP contribution in [-0.4, -0.2) is 32.4 Å². The second kappa shape index (κ2) is 8.75. The van der Waals surface area contributed by atoms with Crippen LogP contribution in [0.5, 0.6) is 0 Å². The number of rotatable bonds is 6. The summed E-state index contributed by atoms with van der Waals surface area (Å²) in [5.74, 6) is -1.17. The summed E-state index contributed by atoms with van der Waals surface area (Å²) < 4.78 is 32.1. The molecule has 2 aromatic carbocycles. The van der Waals surface area contributed by atoms with Crippen molar-refractivity contribution in [1.82, 2.24) is 4.72 Å². The monoisotopic (exact) mass is 418 g/mol. The van der Waals surface area contributed by atoms with Gasteiger partial charge in [-0.1, -0.05) is 12.1 Å². The number of amides is 1. The highest BCUT2D eigenvalue weighted by Gasteiger charge is 2.22. The number of anilines is 1. The molecule has 0 saturated carbocycles. The zero-order valence-corrected chi connectivity index (χ0v) is 18.0. The molecule has 2 N–H and O–H groups in total. The van der Waals surface area contributed by atoms with Crippen molar-refractivity contribution in [2.24, 2.45) is 0 Å².